The number of hydrogen-bond donors (Lipinski definition) is 1. The van der Waals surface area contributed by atoms with Crippen LogP contribution in [0.3, 0.4) is 0 Å². The van der Waals surface area contributed by atoms with E-state index in [1.54, 1.807) is 12.3 Å². The molecule has 0 saturated heterocycles. The molecule has 5 nitrogen and oxygen atoms in total. The van der Waals surface area contributed by atoms with Gasteiger partial charge in [0.1, 0.15) is 16.8 Å². The van der Waals surface area contributed by atoms with Crippen molar-refractivity contribution in [2.45, 2.75) is 19.9 Å². The van der Waals surface area contributed by atoms with Crippen LogP contribution in [0.15, 0.2) is 24.4 Å². The summed E-state index contributed by atoms with van der Waals surface area (Å²) in [6, 6.07) is 5.43. The molecule has 0 aromatic carbocycles. The molecule has 0 fully saturated rings. The molecule has 0 aliphatic carbocycles. The molecule has 2 heterocycles. The average molecular weight is 250 g/mol. The van der Waals surface area contributed by atoms with Crippen molar-refractivity contribution in [3.63, 3.8) is 0 Å². The lowest BCUT2D eigenvalue weighted by Crippen LogP contribution is -2.05. The summed E-state index contributed by atoms with van der Waals surface area (Å²) in [6.07, 6.45) is 2.39. The minimum Gasteiger partial charge on any atom is -0.364 e. The molecule has 2 aromatic rings. The van der Waals surface area contributed by atoms with E-state index in [2.05, 4.69) is 25.5 Å². The summed E-state index contributed by atoms with van der Waals surface area (Å²) < 4.78 is 0. The Hall–Kier alpha value is -1.75. The van der Waals surface area contributed by atoms with Gasteiger partial charge < -0.3 is 5.32 Å². The van der Waals surface area contributed by atoms with E-state index in [-0.39, 0.29) is 0 Å². The highest BCUT2D eigenvalue weighted by Crippen LogP contribution is 2.12. The molecule has 0 bridgehead atoms. The molecule has 17 heavy (non-hydrogen) atoms. The molecule has 0 saturated carbocycles. The summed E-state index contributed by atoms with van der Waals surface area (Å²) in [6.45, 7) is 2.54. The lowest BCUT2D eigenvalue weighted by Gasteiger charge is -2.06. The van der Waals surface area contributed by atoms with E-state index in [0.29, 0.717) is 17.5 Å². The number of anilines is 1. The third-order valence-electron chi connectivity index (χ3n) is 2.14. The van der Waals surface area contributed by atoms with Gasteiger partial charge in [-0.05, 0) is 12.1 Å². The SMILES string of the molecule is CCc1nc(Cl)cc(NCc2cccnn2)n1. The van der Waals surface area contributed by atoms with Gasteiger partial charge in [0, 0.05) is 18.7 Å². The summed E-state index contributed by atoms with van der Waals surface area (Å²) in [5.41, 5.74) is 0.847. The predicted octanol–water partition coefficient (Wildman–Crippen LogP) is 2.09. The number of hydrogen-bond acceptors (Lipinski definition) is 5. The van der Waals surface area contributed by atoms with Gasteiger partial charge in [-0.3, -0.25) is 0 Å². The van der Waals surface area contributed by atoms with Crippen LogP contribution in [-0.4, -0.2) is 20.2 Å². The molecule has 6 heteroatoms. The molecule has 0 amide bonds. The van der Waals surface area contributed by atoms with Crippen LogP contribution < -0.4 is 5.32 Å². The zero-order chi connectivity index (χ0) is 12.1. The quantitative estimate of drug-likeness (QED) is 0.841. The molecule has 0 aliphatic heterocycles. The smallest absolute Gasteiger partial charge is 0.134 e. The highest BCUT2D eigenvalue weighted by atomic mass is 35.5. The van der Waals surface area contributed by atoms with Crippen LogP contribution in [0.4, 0.5) is 5.82 Å². The maximum atomic E-state index is 5.89. The second-order valence-corrected chi connectivity index (χ2v) is 3.80. The molecular weight excluding hydrogens is 238 g/mol. The van der Waals surface area contributed by atoms with Gasteiger partial charge in [0.15, 0.2) is 0 Å². The van der Waals surface area contributed by atoms with Gasteiger partial charge in [-0.2, -0.15) is 10.2 Å². The Kier molecular flexibility index (Phi) is 3.82. The number of rotatable bonds is 4. The summed E-state index contributed by atoms with van der Waals surface area (Å²) in [7, 11) is 0. The molecular formula is C11H12ClN5. The molecule has 88 valence electrons. The highest BCUT2D eigenvalue weighted by Gasteiger charge is 2.02. The Morgan fingerprint density at radius 1 is 1.35 bits per heavy atom. The summed E-state index contributed by atoms with van der Waals surface area (Å²) in [5, 5.41) is 11.4. The lowest BCUT2D eigenvalue weighted by molar-refractivity contribution is 0.902. The van der Waals surface area contributed by atoms with E-state index in [9.17, 15) is 0 Å². The molecule has 0 unspecified atom stereocenters. The normalized spacial score (nSPS) is 10.2. The van der Waals surface area contributed by atoms with Crippen LogP contribution in [-0.2, 0) is 13.0 Å². The average Bonchev–Trinajstić information content (AvgIpc) is 2.37. The first-order chi connectivity index (χ1) is 8.28. The number of halogens is 1. The van der Waals surface area contributed by atoms with Crippen molar-refractivity contribution in [3.8, 4) is 0 Å². The van der Waals surface area contributed by atoms with Gasteiger partial charge in [-0.25, -0.2) is 9.97 Å². The van der Waals surface area contributed by atoms with Gasteiger partial charge in [-0.15, -0.1) is 0 Å². The minimum atomic E-state index is 0.443. The molecule has 0 spiro atoms. The van der Waals surface area contributed by atoms with Gasteiger partial charge in [0.25, 0.3) is 0 Å². The van der Waals surface area contributed by atoms with E-state index in [4.69, 9.17) is 11.6 Å². The van der Waals surface area contributed by atoms with Gasteiger partial charge in [0.05, 0.1) is 12.2 Å². The fraction of sp³-hybridized carbons (Fsp3) is 0.273. The van der Waals surface area contributed by atoms with Crippen LogP contribution in [0.2, 0.25) is 5.15 Å². The summed E-state index contributed by atoms with van der Waals surface area (Å²) >= 11 is 5.89. The first-order valence-electron chi connectivity index (χ1n) is 5.32. The second-order valence-electron chi connectivity index (χ2n) is 3.41. The number of aromatic nitrogens is 4. The van der Waals surface area contributed by atoms with Crippen LogP contribution in [0.25, 0.3) is 0 Å². The third kappa shape index (κ3) is 3.35. The topological polar surface area (TPSA) is 63.6 Å². The Morgan fingerprint density at radius 3 is 2.94 bits per heavy atom. The third-order valence-corrected chi connectivity index (χ3v) is 2.33. The van der Waals surface area contributed by atoms with Gasteiger partial charge >= 0.3 is 0 Å². The standard InChI is InChI=1S/C11H12ClN5/c1-2-10-15-9(12)6-11(16-10)13-7-8-4-3-5-14-17-8/h3-6H,2,7H2,1H3,(H,13,15,16). The first kappa shape index (κ1) is 11.7. The zero-order valence-electron chi connectivity index (χ0n) is 9.39. The van der Waals surface area contributed by atoms with Crippen molar-refractivity contribution in [1.82, 2.24) is 20.2 Å². The number of nitrogens with one attached hydrogen (secondary N) is 1. The molecule has 0 aliphatic rings. The maximum absolute atomic E-state index is 5.89. The van der Waals surface area contributed by atoms with Crippen molar-refractivity contribution in [2.75, 3.05) is 5.32 Å². The number of nitrogens with zero attached hydrogens (tertiary/aromatic N) is 4. The monoisotopic (exact) mass is 249 g/mol. The lowest BCUT2D eigenvalue weighted by atomic mass is 10.4. The van der Waals surface area contributed by atoms with E-state index in [1.165, 1.54) is 0 Å². The van der Waals surface area contributed by atoms with Crippen LogP contribution in [0.5, 0.6) is 0 Å². The van der Waals surface area contributed by atoms with Gasteiger partial charge in [-0.1, -0.05) is 18.5 Å². The molecule has 0 radical (unpaired) electrons. The Balaban J connectivity index is 2.06. The second kappa shape index (κ2) is 5.54. The van der Waals surface area contributed by atoms with E-state index in [1.807, 2.05) is 19.1 Å². The molecule has 2 rings (SSSR count). The molecule has 1 N–H and O–H groups in total. The van der Waals surface area contributed by atoms with Crippen LogP contribution >= 0.6 is 11.6 Å². The van der Waals surface area contributed by atoms with E-state index < -0.39 is 0 Å². The van der Waals surface area contributed by atoms with Crippen molar-refractivity contribution in [3.05, 3.63) is 41.1 Å². The van der Waals surface area contributed by atoms with E-state index >= 15 is 0 Å². The molecule has 2 aromatic heterocycles. The van der Waals surface area contributed by atoms with Gasteiger partial charge in [0.2, 0.25) is 0 Å². The highest BCUT2D eigenvalue weighted by molar-refractivity contribution is 6.29. The maximum Gasteiger partial charge on any atom is 0.134 e. The predicted molar refractivity (Wildman–Crippen MR) is 65.8 cm³/mol. The number of aryl methyl sites for hydroxylation is 1. The fourth-order valence-electron chi connectivity index (χ4n) is 1.32. The Labute approximate surface area is 104 Å². The fourth-order valence-corrected chi connectivity index (χ4v) is 1.52. The molecule has 0 atom stereocenters. The van der Waals surface area contributed by atoms with Crippen molar-refractivity contribution in [2.24, 2.45) is 0 Å². The Bertz CT molecular complexity index is 488. The van der Waals surface area contributed by atoms with Crippen LogP contribution in [0.1, 0.15) is 18.4 Å². The first-order valence-corrected chi connectivity index (χ1v) is 5.69. The summed E-state index contributed by atoms with van der Waals surface area (Å²) in [5.74, 6) is 1.42. The van der Waals surface area contributed by atoms with Crippen LogP contribution in [0, 0.1) is 0 Å². The van der Waals surface area contributed by atoms with Crippen molar-refractivity contribution < 1.29 is 0 Å². The Morgan fingerprint density at radius 2 is 2.24 bits per heavy atom. The summed E-state index contributed by atoms with van der Waals surface area (Å²) in [4.78, 5) is 8.41. The zero-order valence-corrected chi connectivity index (χ0v) is 10.1. The largest absolute Gasteiger partial charge is 0.364 e. The van der Waals surface area contributed by atoms with E-state index in [0.717, 1.165) is 17.9 Å². The van der Waals surface area contributed by atoms with Crippen molar-refractivity contribution >= 4 is 17.4 Å². The minimum absolute atomic E-state index is 0.443. The van der Waals surface area contributed by atoms with Crippen molar-refractivity contribution in [1.29, 1.82) is 0 Å².